The highest BCUT2D eigenvalue weighted by Gasteiger charge is 2.38. The van der Waals surface area contributed by atoms with E-state index in [1.54, 1.807) is 0 Å². The maximum absolute atomic E-state index is 12.1. The second kappa shape index (κ2) is 4.49. The minimum absolute atomic E-state index is 0.160. The number of nitrogens with two attached hydrogens (primary N) is 1. The van der Waals surface area contributed by atoms with Crippen LogP contribution in [0.25, 0.3) is 0 Å². The third-order valence-corrected chi connectivity index (χ3v) is 3.15. The Hall–Kier alpha value is -0.610. The van der Waals surface area contributed by atoms with Gasteiger partial charge in [-0.2, -0.15) is 0 Å². The van der Waals surface area contributed by atoms with Crippen molar-refractivity contribution in [2.75, 3.05) is 13.1 Å². The lowest BCUT2D eigenvalue weighted by Crippen LogP contribution is -2.43. The third kappa shape index (κ3) is 2.49. The highest BCUT2D eigenvalue weighted by atomic mass is 16.5. The van der Waals surface area contributed by atoms with Crippen molar-refractivity contribution in [3.63, 3.8) is 0 Å². The molecule has 1 heterocycles. The largest absolute Gasteiger partial charge is 0.365 e. The van der Waals surface area contributed by atoms with Gasteiger partial charge in [-0.1, -0.05) is 0 Å². The number of hydrogen-bond donors (Lipinski definition) is 1. The topological polar surface area (TPSA) is 55.6 Å². The van der Waals surface area contributed by atoms with Gasteiger partial charge in [-0.3, -0.25) is 4.79 Å². The fourth-order valence-corrected chi connectivity index (χ4v) is 2.17. The average molecular weight is 212 g/mol. The molecule has 0 spiro atoms. The van der Waals surface area contributed by atoms with Crippen LogP contribution in [0, 0.1) is 0 Å². The molecule has 2 N–H and O–H groups in total. The lowest BCUT2D eigenvalue weighted by Gasteiger charge is -2.24. The molecule has 1 aliphatic heterocycles. The molecule has 4 nitrogen and oxygen atoms in total. The molecule has 2 unspecified atom stereocenters. The molecule has 0 bridgehead atoms. The zero-order valence-corrected chi connectivity index (χ0v) is 9.32. The molecule has 86 valence electrons. The van der Waals surface area contributed by atoms with Crippen molar-refractivity contribution in [1.82, 2.24) is 4.90 Å². The normalized spacial score (nSPS) is 30.5. The van der Waals surface area contributed by atoms with E-state index >= 15 is 0 Å². The van der Waals surface area contributed by atoms with Gasteiger partial charge in [0.2, 0.25) is 0 Å². The van der Waals surface area contributed by atoms with Gasteiger partial charge in [0, 0.05) is 19.1 Å². The molecule has 1 amide bonds. The Labute approximate surface area is 90.8 Å². The molecule has 2 fully saturated rings. The number of rotatable bonds is 4. The van der Waals surface area contributed by atoms with Crippen LogP contribution in [0.2, 0.25) is 0 Å². The predicted octanol–water partition coefficient (Wildman–Crippen LogP) is 0.504. The van der Waals surface area contributed by atoms with Gasteiger partial charge in [0.1, 0.15) is 6.10 Å². The first-order valence-electron chi connectivity index (χ1n) is 5.88. The number of carbonyl (C=O) groups excluding carboxylic acids is 1. The van der Waals surface area contributed by atoms with Crippen LogP contribution in [0.4, 0.5) is 0 Å². The van der Waals surface area contributed by atoms with Crippen molar-refractivity contribution >= 4 is 5.91 Å². The van der Waals surface area contributed by atoms with Crippen LogP contribution in [0.3, 0.4) is 0 Å². The summed E-state index contributed by atoms with van der Waals surface area (Å²) in [6.45, 7) is 3.25. The van der Waals surface area contributed by atoms with E-state index in [0.29, 0.717) is 19.1 Å². The van der Waals surface area contributed by atoms with Crippen LogP contribution in [0.15, 0.2) is 0 Å². The van der Waals surface area contributed by atoms with Gasteiger partial charge in [0.15, 0.2) is 0 Å². The SMILES string of the molecule is CC1CCC(C(=O)N(CCN)C2CC2)O1. The summed E-state index contributed by atoms with van der Waals surface area (Å²) in [5.41, 5.74) is 5.52. The predicted molar refractivity (Wildman–Crippen MR) is 57.4 cm³/mol. The van der Waals surface area contributed by atoms with Crippen molar-refractivity contribution in [3.8, 4) is 0 Å². The Morgan fingerprint density at radius 1 is 1.40 bits per heavy atom. The molecule has 4 heteroatoms. The Balaban J connectivity index is 1.91. The van der Waals surface area contributed by atoms with E-state index in [1.807, 2.05) is 11.8 Å². The summed E-state index contributed by atoms with van der Waals surface area (Å²) < 4.78 is 5.60. The third-order valence-electron chi connectivity index (χ3n) is 3.15. The van der Waals surface area contributed by atoms with Crippen LogP contribution in [-0.4, -0.2) is 42.1 Å². The maximum atomic E-state index is 12.1. The van der Waals surface area contributed by atoms with Crippen LogP contribution >= 0.6 is 0 Å². The summed E-state index contributed by atoms with van der Waals surface area (Å²) in [5.74, 6) is 0.160. The van der Waals surface area contributed by atoms with Crippen LogP contribution < -0.4 is 5.73 Å². The molecule has 2 rings (SSSR count). The summed E-state index contributed by atoms with van der Waals surface area (Å²) in [7, 11) is 0. The van der Waals surface area contributed by atoms with Gasteiger partial charge in [0.05, 0.1) is 6.10 Å². The number of carbonyl (C=O) groups is 1. The summed E-state index contributed by atoms with van der Waals surface area (Å²) in [5, 5.41) is 0. The standard InChI is InChI=1S/C11H20N2O2/c1-8-2-5-10(15-8)11(14)13(7-6-12)9-3-4-9/h8-10H,2-7,12H2,1H3. The summed E-state index contributed by atoms with van der Waals surface area (Å²) in [6, 6.07) is 0.445. The van der Waals surface area contributed by atoms with E-state index in [9.17, 15) is 4.79 Å². The Kier molecular flexibility index (Phi) is 3.26. The van der Waals surface area contributed by atoms with E-state index in [1.165, 1.54) is 0 Å². The summed E-state index contributed by atoms with van der Waals surface area (Å²) in [4.78, 5) is 14.0. The minimum atomic E-state index is -0.202. The highest BCUT2D eigenvalue weighted by molar-refractivity contribution is 5.81. The fourth-order valence-electron chi connectivity index (χ4n) is 2.17. The zero-order valence-electron chi connectivity index (χ0n) is 9.32. The van der Waals surface area contributed by atoms with Crippen LogP contribution in [0.1, 0.15) is 32.6 Å². The second-order valence-corrected chi connectivity index (χ2v) is 4.56. The van der Waals surface area contributed by atoms with Gasteiger partial charge >= 0.3 is 0 Å². The molecule has 15 heavy (non-hydrogen) atoms. The van der Waals surface area contributed by atoms with E-state index in [4.69, 9.17) is 10.5 Å². The van der Waals surface area contributed by atoms with Gasteiger partial charge in [0.25, 0.3) is 5.91 Å². The van der Waals surface area contributed by atoms with Crippen LogP contribution in [-0.2, 0) is 9.53 Å². The van der Waals surface area contributed by atoms with Gasteiger partial charge in [-0.25, -0.2) is 0 Å². The van der Waals surface area contributed by atoms with Gasteiger partial charge in [-0.15, -0.1) is 0 Å². The fraction of sp³-hybridized carbons (Fsp3) is 0.909. The molecule has 1 saturated carbocycles. The first-order chi connectivity index (χ1) is 7.22. The molecule has 0 aromatic rings. The molecule has 2 atom stereocenters. The highest BCUT2D eigenvalue weighted by Crippen LogP contribution is 2.29. The molecule has 0 aromatic carbocycles. The van der Waals surface area contributed by atoms with Gasteiger partial charge in [-0.05, 0) is 32.6 Å². The molecule has 0 aromatic heterocycles. The van der Waals surface area contributed by atoms with Crippen molar-refractivity contribution in [1.29, 1.82) is 0 Å². The molecule has 1 saturated heterocycles. The van der Waals surface area contributed by atoms with Crippen molar-refractivity contribution in [2.45, 2.75) is 50.9 Å². The Morgan fingerprint density at radius 2 is 2.13 bits per heavy atom. The smallest absolute Gasteiger partial charge is 0.252 e. The quantitative estimate of drug-likeness (QED) is 0.738. The first kappa shape index (κ1) is 10.9. The Bertz CT molecular complexity index is 241. The van der Waals surface area contributed by atoms with E-state index in [-0.39, 0.29) is 18.1 Å². The summed E-state index contributed by atoms with van der Waals surface area (Å²) in [6.07, 6.45) is 4.16. The average Bonchev–Trinajstić information content (AvgIpc) is 2.96. The van der Waals surface area contributed by atoms with E-state index in [2.05, 4.69) is 0 Å². The number of nitrogens with zero attached hydrogens (tertiary/aromatic N) is 1. The first-order valence-corrected chi connectivity index (χ1v) is 5.88. The van der Waals surface area contributed by atoms with Gasteiger partial charge < -0.3 is 15.4 Å². The number of amides is 1. The molecular formula is C11H20N2O2. The lowest BCUT2D eigenvalue weighted by molar-refractivity contribution is -0.143. The van der Waals surface area contributed by atoms with Crippen LogP contribution in [0.5, 0.6) is 0 Å². The van der Waals surface area contributed by atoms with E-state index in [0.717, 1.165) is 25.7 Å². The second-order valence-electron chi connectivity index (χ2n) is 4.56. The molecule has 2 aliphatic rings. The van der Waals surface area contributed by atoms with E-state index < -0.39 is 0 Å². The summed E-state index contributed by atoms with van der Waals surface area (Å²) >= 11 is 0. The van der Waals surface area contributed by atoms with Crippen molar-refractivity contribution < 1.29 is 9.53 Å². The van der Waals surface area contributed by atoms with Crippen molar-refractivity contribution in [3.05, 3.63) is 0 Å². The molecular weight excluding hydrogens is 192 g/mol. The number of hydrogen-bond acceptors (Lipinski definition) is 3. The number of ether oxygens (including phenoxy) is 1. The lowest BCUT2D eigenvalue weighted by atomic mass is 10.2. The molecule has 1 aliphatic carbocycles. The zero-order chi connectivity index (χ0) is 10.8. The minimum Gasteiger partial charge on any atom is -0.365 e. The Morgan fingerprint density at radius 3 is 2.60 bits per heavy atom. The molecule has 0 radical (unpaired) electrons. The monoisotopic (exact) mass is 212 g/mol. The van der Waals surface area contributed by atoms with Crippen molar-refractivity contribution in [2.24, 2.45) is 5.73 Å². The maximum Gasteiger partial charge on any atom is 0.252 e.